The second kappa shape index (κ2) is 4.15. The van der Waals surface area contributed by atoms with E-state index >= 15 is 0 Å². The SMILES string of the molecule is C=C(Cl)CC1CCc2cnccc2C1=O. The molecule has 0 bridgehead atoms. The molecular weight excluding hydrogens is 210 g/mol. The van der Waals surface area contributed by atoms with Gasteiger partial charge in [-0.05, 0) is 30.9 Å². The number of carbonyl (C=O) groups is 1. The molecule has 0 N–H and O–H groups in total. The van der Waals surface area contributed by atoms with Crippen molar-refractivity contribution >= 4 is 17.4 Å². The van der Waals surface area contributed by atoms with Crippen molar-refractivity contribution in [2.45, 2.75) is 19.3 Å². The van der Waals surface area contributed by atoms with Crippen LogP contribution in [0.1, 0.15) is 28.8 Å². The largest absolute Gasteiger partial charge is 0.294 e. The predicted molar refractivity (Wildman–Crippen MR) is 60.0 cm³/mol. The van der Waals surface area contributed by atoms with Gasteiger partial charge in [0.15, 0.2) is 5.78 Å². The average Bonchev–Trinajstić information content (AvgIpc) is 2.22. The number of fused-ring (bicyclic) bond motifs is 1. The van der Waals surface area contributed by atoms with E-state index in [1.165, 1.54) is 0 Å². The lowest BCUT2D eigenvalue weighted by Gasteiger charge is -2.22. The Kier molecular flexibility index (Phi) is 2.87. The number of carbonyl (C=O) groups excluding carboxylic acids is 1. The van der Waals surface area contributed by atoms with Gasteiger partial charge in [-0.15, -0.1) is 0 Å². The standard InChI is InChI=1S/C12H12ClNO/c1-8(13)6-9-2-3-10-7-14-5-4-11(10)12(9)15/h4-5,7,9H,1-3,6H2. The first kappa shape index (κ1) is 10.4. The van der Waals surface area contributed by atoms with Crippen LogP contribution >= 0.6 is 11.6 Å². The zero-order valence-electron chi connectivity index (χ0n) is 8.37. The Morgan fingerprint density at radius 1 is 1.67 bits per heavy atom. The van der Waals surface area contributed by atoms with Gasteiger partial charge in [-0.2, -0.15) is 0 Å². The van der Waals surface area contributed by atoms with Gasteiger partial charge in [0.25, 0.3) is 0 Å². The molecule has 2 nitrogen and oxygen atoms in total. The van der Waals surface area contributed by atoms with Gasteiger partial charge >= 0.3 is 0 Å². The first-order chi connectivity index (χ1) is 7.18. The van der Waals surface area contributed by atoms with Crippen molar-refractivity contribution in [2.24, 2.45) is 5.92 Å². The number of rotatable bonds is 2. The molecule has 3 heteroatoms. The van der Waals surface area contributed by atoms with E-state index in [1.54, 1.807) is 18.5 Å². The molecule has 1 heterocycles. The summed E-state index contributed by atoms with van der Waals surface area (Å²) in [6.07, 6.45) is 5.78. The van der Waals surface area contributed by atoms with Crippen molar-refractivity contribution in [1.29, 1.82) is 0 Å². The van der Waals surface area contributed by atoms with Crippen LogP contribution in [-0.2, 0) is 6.42 Å². The maximum atomic E-state index is 12.0. The molecule has 0 fully saturated rings. The van der Waals surface area contributed by atoms with Crippen LogP contribution in [0.4, 0.5) is 0 Å². The minimum Gasteiger partial charge on any atom is -0.294 e. The second-order valence-corrected chi connectivity index (χ2v) is 4.39. The maximum absolute atomic E-state index is 12.0. The van der Waals surface area contributed by atoms with E-state index in [0.29, 0.717) is 11.5 Å². The highest BCUT2D eigenvalue weighted by atomic mass is 35.5. The fourth-order valence-corrected chi connectivity index (χ4v) is 2.20. The van der Waals surface area contributed by atoms with Gasteiger partial charge in [-0.3, -0.25) is 9.78 Å². The van der Waals surface area contributed by atoms with Crippen molar-refractivity contribution in [1.82, 2.24) is 4.98 Å². The number of halogens is 1. The number of ketones is 1. The van der Waals surface area contributed by atoms with Crippen LogP contribution in [0.25, 0.3) is 0 Å². The molecule has 1 aromatic heterocycles. The summed E-state index contributed by atoms with van der Waals surface area (Å²) < 4.78 is 0. The molecule has 0 aromatic carbocycles. The molecule has 0 saturated carbocycles. The molecule has 1 aliphatic rings. The lowest BCUT2D eigenvalue weighted by Crippen LogP contribution is -2.22. The van der Waals surface area contributed by atoms with Crippen LogP contribution in [0.15, 0.2) is 30.1 Å². The quantitative estimate of drug-likeness (QED) is 0.769. The number of pyridine rings is 1. The van der Waals surface area contributed by atoms with E-state index in [0.717, 1.165) is 24.0 Å². The Hall–Kier alpha value is -1.15. The molecular formula is C12H12ClNO. The maximum Gasteiger partial charge on any atom is 0.166 e. The van der Waals surface area contributed by atoms with Gasteiger partial charge in [0.2, 0.25) is 0 Å². The highest BCUT2D eigenvalue weighted by Gasteiger charge is 2.27. The molecule has 0 saturated heterocycles. The number of hydrogen-bond acceptors (Lipinski definition) is 2. The van der Waals surface area contributed by atoms with Gasteiger partial charge < -0.3 is 0 Å². The first-order valence-electron chi connectivity index (χ1n) is 4.99. The number of aryl methyl sites for hydroxylation is 1. The molecule has 0 radical (unpaired) electrons. The summed E-state index contributed by atoms with van der Waals surface area (Å²) in [5.41, 5.74) is 1.86. The molecule has 0 amide bonds. The number of allylic oxidation sites excluding steroid dienone is 1. The summed E-state index contributed by atoms with van der Waals surface area (Å²) in [5, 5.41) is 0.561. The summed E-state index contributed by atoms with van der Waals surface area (Å²) >= 11 is 5.74. The van der Waals surface area contributed by atoms with Gasteiger partial charge in [0.1, 0.15) is 0 Å². The van der Waals surface area contributed by atoms with Crippen LogP contribution in [0.5, 0.6) is 0 Å². The highest BCUT2D eigenvalue weighted by molar-refractivity contribution is 6.29. The Balaban J connectivity index is 2.26. The fourth-order valence-electron chi connectivity index (χ4n) is 2.01. The zero-order valence-corrected chi connectivity index (χ0v) is 9.13. The predicted octanol–water partition coefficient (Wildman–Crippen LogP) is 2.97. The van der Waals surface area contributed by atoms with Gasteiger partial charge in [0, 0.05) is 28.9 Å². The lowest BCUT2D eigenvalue weighted by atomic mass is 9.82. The van der Waals surface area contributed by atoms with Crippen molar-refractivity contribution in [2.75, 3.05) is 0 Å². The number of aromatic nitrogens is 1. The molecule has 0 aliphatic heterocycles. The Morgan fingerprint density at radius 3 is 3.20 bits per heavy atom. The monoisotopic (exact) mass is 221 g/mol. The summed E-state index contributed by atoms with van der Waals surface area (Å²) in [5.74, 6) is 0.186. The van der Waals surface area contributed by atoms with E-state index in [-0.39, 0.29) is 11.7 Å². The molecule has 78 valence electrons. The van der Waals surface area contributed by atoms with Crippen LogP contribution in [0, 0.1) is 5.92 Å². The van der Waals surface area contributed by atoms with E-state index in [4.69, 9.17) is 11.6 Å². The van der Waals surface area contributed by atoms with Crippen molar-refractivity contribution in [3.8, 4) is 0 Å². The minimum absolute atomic E-state index is 0.00454. The van der Waals surface area contributed by atoms with Gasteiger partial charge in [-0.1, -0.05) is 18.2 Å². The summed E-state index contributed by atoms with van der Waals surface area (Å²) in [4.78, 5) is 16.0. The zero-order chi connectivity index (χ0) is 10.8. The van der Waals surface area contributed by atoms with E-state index in [2.05, 4.69) is 11.6 Å². The normalized spacial score (nSPS) is 19.8. The Labute approximate surface area is 94.0 Å². The fraction of sp³-hybridized carbons (Fsp3) is 0.333. The van der Waals surface area contributed by atoms with Crippen molar-refractivity contribution < 1.29 is 4.79 Å². The summed E-state index contributed by atoms with van der Waals surface area (Å²) in [6, 6.07) is 1.79. The summed E-state index contributed by atoms with van der Waals surface area (Å²) in [7, 11) is 0. The molecule has 1 aromatic rings. The molecule has 15 heavy (non-hydrogen) atoms. The van der Waals surface area contributed by atoms with Crippen LogP contribution < -0.4 is 0 Å². The van der Waals surface area contributed by atoms with Crippen molar-refractivity contribution in [3.63, 3.8) is 0 Å². The molecule has 2 rings (SSSR count). The van der Waals surface area contributed by atoms with Crippen LogP contribution in [0.2, 0.25) is 0 Å². The Morgan fingerprint density at radius 2 is 2.47 bits per heavy atom. The average molecular weight is 222 g/mol. The van der Waals surface area contributed by atoms with Gasteiger partial charge in [0.05, 0.1) is 0 Å². The van der Waals surface area contributed by atoms with Gasteiger partial charge in [-0.25, -0.2) is 0 Å². The van der Waals surface area contributed by atoms with E-state index < -0.39 is 0 Å². The third-order valence-electron chi connectivity index (χ3n) is 2.77. The molecule has 1 unspecified atom stereocenters. The summed E-state index contributed by atoms with van der Waals surface area (Å²) in [6.45, 7) is 3.64. The molecule has 0 spiro atoms. The molecule has 1 atom stereocenters. The number of hydrogen-bond donors (Lipinski definition) is 0. The number of Topliss-reactive ketones (excluding diaryl/α,β-unsaturated/α-hetero) is 1. The smallest absolute Gasteiger partial charge is 0.166 e. The third-order valence-corrected chi connectivity index (χ3v) is 2.92. The topological polar surface area (TPSA) is 30.0 Å². The minimum atomic E-state index is 0.00454. The second-order valence-electron chi connectivity index (χ2n) is 3.85. The Bertz CT molecular complexity index is 414. The first-order valence-corrected chi connectivity index (χ1v) is 5.36. The molecule has 1 aliphatic carbocycles. The third kappa shape index (κ3) is 2.10. The van der Waals surface area contributed by atoms with Crippen LogP contribution in [0.3, 0.4) is 0 Å². The van der Waals surface area contributed by atoms with E-state index in [9.17, 15) is 4.79 Å². The van der Waals surface area contributed by atoms with E-state index in [1.807, 2.05) is 0 Å². The van der Waals surface area contributed by atoms with Crippen molar-refractivity contribution in [3.05, 3.63) is 41.2 Å². The highest BCUT2D eigenvalue weighted by Crippen LogP contribution is 2.29. The lowest BCUT2D eigenvalue weighted by molar-refractivity contribution is 0.0902. The number of nitrogens with zero attached hydrogens (tertiary/aromatic N) is 1. The van der Waals surface area contributed by atoms with Crippen LogP contribution in [-0.4, -0.2) is 10.8 Å².